The van der Waals surface area contributed by atoms with Gasteiger partial charge in [-0.3, -0.25) is 0 Å². The van der Waals surface area contributed by atoms with Crippen LogP contribution in [0.3, 0.4) is 0 Å². The van der Waals surface area contributed by atoms with Gasteiger partial charge < -0.3 is 14.7 Å². The first-order chi connectivity index (χ1) is 10.8. The Morgan fingerprint density at radius 2 is 1.91 bits per heavy atom. The summed E-state index contributed by atoms with van der Waals surface area (Å²) in [6.07, 6.45) is 3.60. The monoisotopic (exact) mass is 309 g/mol. The molecule has 0 bridgehead atoms. The Balaban J connectivity index is 1.64. The molecule has 0 spiro atoms. The van der Waals surface area contributed by atoms with Crippen LogP contribution in [0.4, 0.5) is 11.7 Å². The van der Waals surface area contributed by atoms with Gasteiger partial charge in [0.2, 0.25) is 0 Å². The van der Waals surface area contributed by atoms with Crippen molar-refractivity contribution in [2.45, 2.75) is 0 Å². The number of fused-ring (bicyclic) bond motifs is 1. The van der Waals surface area contributed by atoms with Crippen molar-refractivity contribution < 1.29 is 4.42 Å². The quantitative estimate of drug-likeness (QED) is 0.545. The molecule has 2 N–H and O–H groups in total. The number of nitrogens with zero attached hydrogens (tertiary/aromatic N) is 1. The van der Waals surface area contributed by atoms with Crippen molar-refractivity contribution in [3.05, 3.63) is 65.9 Å². The van der Waals surface area contributed by atoms with Crippen LogP contribution in [0.25, 0.3) is 22.2 Å². The van der Waals surface area contributed by atoms with E-state index < -0.39 is 0 Å². The van der Waals surface area contributed by atoms with Gasteiger partial charge in [0.1, 0.15) is 0 Å². The van der Waals surface area contributed by atoms with Crippen molar-refractivity contribution in [1.29, 1.82) is 0 Å². The van der Waals surface area contributed by atoms with Crippen LogP contribution in [0, 0.1) is 0 Å². The Kier molecular flexibility index (Phi) is 3.09. The number of nitrogens with one attached hydrogen (secondary N) is 2. The lowest BCUT2D eigenvalue weighted by molar-refractivity contribution is 0.592. The lowest BCUT2D eigenvalue weighted by Crippen LogP contribution is -1.90. The molecule has 4 nitrogen and oxygen atoms in total. The fourth-order valence-corrected chi connectivity index (χ4v) is 2.52. The van der Waals surface area contributed by atoms with E-state index in [2.05, 4.69) is 15.3 Å². The van der Waals surface area contributed by atoms with E-state index >= 15 is 0 Å². The predicted octanol–water partition coefficient (Wildman–Crippen LogP) is 5.22. The molecule has 0 amide bonds. The highest BCUT2D eigenvalue weighted by molar-refractivity contribution is 6.30. The second kappa shape index (κ2) is 5.24. The molecule has 0 atom stereocenters. The van der Waals surface area contributed by atoms with Gasteiger partial charge in [0.05, 0.1) is 11.9 Å². The number of aromatic amines is 1. The van der Waals surface area contributed by atoms with Crippen LogP contribution in [0.15, 0.2) is 65.3 Å². The minimum Gasteiger partial charge on any atom is -0.423 e. The minimum atomic E-state index is 0.457. The highest BCUT2D eigenvalue weighted by atomic mass is 35.5. The molecule has 4 rings (SSSR count). The van der Waals surface area contributed by atoms with Gasteiger partial charge in [-0.2, -0.15) is 0 Å². The third-order valence-corrected chi connectivity index (χ3v) is 3.72. The van der Waals surface area contributed by atoms with Crippen LogP contribution in [-0.4, -0.2) is 9.97 Å². The van der Waals surface area contributed by atoms with Crippen LogP contribution in [0.1, 0.15) is 0 Å². The van der Waals surface area contributed by atoms with Gasteiger partial charge in [-0.25, -0.2) is 4.98 Å². The van der Waals surface area contributed by atoms with Crippen LogP contribution >= 0.6 is 11.6 Å². The van der Waals surface area contributed by atoms with Crippen molar-refractivity contribution in [3.8, 4) is 11.3 Å². The predicted molar refractivity (Wildman–Crippen MR) is 88.5 cm³/mol. The molecule has 0 aliphatic heterocycles. The van der Waals surface area contributed by atoms with Gasteiger partial charge in [0, 0.05) is 27.7 Å². The summed E-state index contributed by atoms with van der Waals surface area (Å²) in [6, 6.07) is 15.9. The summed E-state index contributed by atoms with van der Waals surface area (Å²) in [4.78, 5) is 7.46. The normalized spacial score (nSPS) is 11.0. The van der Waals surface area contributed by atoms with E-state index in [9.17, 15) is 0 Å². The van der Waals surface area contributed by atoms with E-state index in [0.29, 0.717) is 16.8 Å². The highest BCUT2D eigenvalue weighted by Gasteiger charge is 2.08. The zero-order valence-electron chi connectivity index (χ0n) is 11.5. The Morgan fingerprint density at radius 3 is 2.77 bits per heavy atom. The Labute approximate surface area is 131 Å². The molecule has 2 aromatic carbocycles. The topological polar surface area (TPSA) is 53.9 Å². The summed E-state index contributed by atoms with van der Waals surface area (Å²) in [5.41, 5.74) is 2.95. The zero-order valence-corrected chi connectivity index (χ0v) is 12.3. The summed E-state index contributed by atoms with van der Waals surface area (Å²) in [5.74, 6) is 0.695. The number of aromatic nitrogens is 2. The van der Waals surface area contributed by atoms with Crippen molar-refractivity contribution in [1.82, 2.24) is 9.97 Å². The highest BCUT2D eigenvalue weighted by Crippen LogP contribution is 2.28. The Morgan fingerprint density at radius 1 is 1.05 bits per heavy atom. The van der Waals surface area contributed by atoms with Gasteiger partial charge in [-0.15, -0.1) is 0 Å². The molecule has 0 radical (unpaired) electrons. The number of hydrogen-bond acceptors (Lipinski definition) is 3. The number of halogens is 1. The fourth-order valence-electron chi connectivity index (χ4n) is 2.39. The molecule has 0 unspecified atom stereocenters. The molecule has 0 saturated carbocycles. The van der Waals surface area contributed by atoms with Crippen molar-refractivity contribution in [2.75, 3.05) is 5.32 Å². The molecule has 2 aromatic heterocycles. The average Bonchev–Trinajstić information content (AvgIpc) is 3.17. The molecule has 22 heavy (non-hydrogen) atoms. The first-order valence-corrected chi connectivity index (χ1v) is 7.22. The molecule has 4 aromatic rings. The Bertz CT molecular complexity index is 924. The fraction of sp³-hybridized carbons (Fsp3) is 0. The van der Waals surface area contributed by atoms with Crippen molar-refractivity contribution >= 4 is 34.2 Å². The molecule has 2 heterocycles. The van der Waals surface area contributed by atoms with E-state index in [4.69, 9.17) is 16.0 Å². The maximum atomic E-state index is 5.89. The second-order valence-corrected chi connectivity index (χ2v) is 5.34. The van der Waals surface area contributed by atoms with Crippen LogP contribution < -0.4 is 5.32 Å². The number of hydrogen-bond donors (Lipinski definition) is 2. The third-order valence-electron chi connectivity index (χ3n) is 3.47. The summed E-state index contributed by atoms with van der Waals surface area (Å²) in [6.45, 7) is 0. The maximum Gasteiger partial charge on any atom is 0.299 e. The summed E-state index contributed by atoms with van der Waals surface area (Å²) >= 11 is 5.89. The lowest BCUT2D eigenvalue weighted by atomic mass is 10.2. The second-order valence-electron chi connectivity index (χ2n) is 4.91. The number of oxazole rings is 1. The number of anilines is 2. The summed E-state index contributed by atoms with van der Waals surface area (Å²) in [7, 11) is 0. The van der Waals surface area contributed by atoms with Crippen LogP contribution in [0.2, 0.25) is 5.02 Å². The molecule has 0 saturated heterocycles. The number of H-pyrrole nitrogens is 1. The van der Waals surface area contributed by atoms with Crippen molar-refractivity contribution in [3.63, 3.8) is 0 Å². The third kappa shape index (κ3) is 2.34. The standard InChI is InChI=1S/C17H12ClN3O/c18-12-6-4-11(5-7-12)16-10-20-17(22-16)21-15-3-1-2-14-13(15)8-9-19-14/h1-10,19H,(H,20,21). The number of rotatable bonds is 3. The smallest absolute Gasteiger partial charge is 0.299 e. The molecule has 108 valence electrons. The van der Waals surface area contributed by atoms with Crippen molar-refractivity contribution in [2.24, 2.45) is 0 Å². The molecule has 0 aliphatic rings. The first kappa shape index (κ1) is 13.0. The maximum absolute atomic E-state index is 5.89. The lowest BCUT2D eigenvalue weighted by Gasteiger charge is -2.03. The minimum absolute atomic E-state index is 0.457. The SMILES string of the molecule is Clc1ccc(-c2cnc(Nc3cccc4[nH]ccc34)o2)cc1. The van der Waals surface area contributed by atoms with E-state index in [-0.39, 0.29) is 0 Å². The molecule has 0 fully saturated rings. The van der Waals surface area contributed by atoms with Gasteiger partial charge >= 0.3 is 0 Å². The van der Waals surface area contributed by atoms with E-state index in [0.717, 1.165) is 22.2 Å². The van der Waals surface area contributed by atoms with Gasteiger partial charge in [-0.1, -0.05) is 17.7 Å². The van der Waals surface area contributed by atoms with Gasteiger partial charge in [0.25, 0.3) is 6.01 Å². The summed E-state index contributed by atoms with van der Waals surface area (Å²) in [5, 5.41) is 5.00. The molecular weight excluding hydrogens is 298 g/mol. The van der Waals surface area contributed by atoms with E-state index in [1.54, 1.807) is 6.20 Å². The molecular formula is C17H12ClN3O. The van der Waals surface area contributed by atoms with Gasteiger partial charge in [-0.05, 0) is 42.5 Å². The van der Waals surface area contributed by atoms with Crippen LogP contribution in [0.5, 0.6) is 0 Å². The van der Waals surface area contributed by atoms with E-state index in [1.807, 2.05) is 54.7 Å². The largest absolute Gasteiger partial charge is 0.423 e. The average molecular weight is 310 g/mol. The molecule has 0 aliphatic carbocycles. The zero-order chi connectivity index (χ0) is 14.9. The van der Waals surface area contributed by atoms with Gasteiger partial charge in [0.15, 0.2) is 5.76 Å². The first-order valence-electron chi connectivity index (χ1n) is 6.84. The van der Waals surface area contributed by atoms with E-state index in [1.165, 1.54) is 0 Å². The number of benzene rings is 2. The summed E-state index contributed by atoms with van der Waals surface area (Å²) < 4.78 is 5.76. The van der Waals surface area contributed by atoms with Crippen LogP contribution in [-0.2, 0) is 0 Å². The Hall–Kier alpha value is -2.72. The molecule has 5 heteroatoms.